The summed E-state index contributed by atoms with van der Waals surface area (Å²) in [5, 5.41) is 0. The van der Waals surface area contributed by atoms with Crippen molar-refractivity contribution in [3.8, 4) is 11.5 Å². The van der Waals surface area contributed by atoms with Crippen molar-refractivity contribution in [3.63, 3.8) is 0 Å². The monoisotopic (exact) mass is 292 g/mol. The van der Waals surface area contributed by atoms with Gasteiger partial charge in [0.25, 0.3) is 0 Å². The molecule has 5 heteroatoms. The molecule has 0 unspecified atom stereocenters. The highest BCUT2D eigenvalue weighted by Gasteiger charge is 2.14. The van der Waals surface area contributed by atoms with Crippen LogP contribution >= 0.6 is 0 Å². The van der Waals surface area contributed by atoms with Crippen molar-refractivity contribution in [2.45, 2.75) is 6.92 Å². The van der Waals surface area contributed by atoms with Crippen molar-refractivity contribution < 1.29 is 23.0 Å². The Morgan fingerprint density at radius 1 is 1.14 bits per heavy atom. The van der Waals surface area contributed by atoms with Crippen molar-refractivity contribution >= 4 is 5.78 Å². The van der Waals surface area contributed by atoms with Gasteiger partial charge in [-0.1, -0.05) is 6.07 Å². The summed E-state index contributed by atoms with van der Waals surface area (Å²) >= 11 is 0. The molecule has 0 amide bonds. The van der Waals surface area contributed by atoms with Crippen LogP contribution in [0.5, 0.6) is 11.5 Å². The molecule has 21 heavy (non-hydrogen) atoms. The molecule has 0 aliphatic carbocycles. The van der Waals surface area contributed by atoms with E-state index in [1.165, 1.54) is 25.3 Å². The Bertz CT molecular complexity index is 669. The summed E-state index contributed by atoms with van der Waals surface area (Å²) in [5.74, 6) is -0.905. The number of benzene rings is 2. The van der Waals surface area contributed by atoms with E-state index in [9.17, 15) is 13.6 Å². The molecule has 0 heterocycles. The highest BCUT2D eigenvalue weighted by Crippen LogP contribution is 2.21. The van der Waals surface area contributed by atoms with Crippen LogP contribution in [0.25, 0.3) is 0 Å². The smallest absolute Gasteiger partial charge is 0.204 e. The zero-order chi connectivity index (χ0) is 15.4. The van der Waals surface area contributed by atoms with Gasteiger partial charge in [0.1, 0.15) is 23.1 Å². The summed E-state index contributed by atoms with van der Waals surface area (Å²) in [6, 6.07) is 7.97. The molecule has 3 nitrogen and oxygen atoms in total. The fourth-order valence-corrected chi connectivity index (χ4v) is 1.79. The van der Waals surface area contributed by atoms with Crippen LogP contribution in [0.2, 0.25) is 0 Å². The summed E-state index contributed by atoms with van der Waals surface area (Å²) in [7, 11) is 1.39. The number of hydrogen-bond acceptors (Lipinski definition) is 3. The van der Waals surface area contributed by atoms with E-state index in [0.29, 0.717) is 5.56 Å². The van der Waals surface area contributed by atoms with E-state index in [1.807, 2.05) is 0 Å². The van der Waals surface area contributed by atoms with Gasteiger partial charge in [0.15, 0.2) is 6.61 Å². The van der Waals surface area contributed by atoms with Gasteiger partial charge in [0, 0.05) is 6.07 Å². The lowest BCUT2D eigenvalue weighted by Crippen LogP contribution is -2.13. The standard InChI is InChI=1S/C16H14F2O3/c1-10-3-5-12(8-14(10)18)21-9-15(19)13-7-11(17)4-6-16(13)20-2/h3-8H,9H2,1-2H3. The topological polar surface area (TPSA) is 35.5 Å². The molecule has 0 radical (unpaired) electrons. The molecule has 2 rings (SSSR count). The predicted octanol–water partition coefficient (Wildman–Crippen LogP) is 3.54. The third-order valence-corrected chi connectivity index (χ3v) is 2.98. The summed E-state index contributed by atoms with van der Waals surface area (Å²) in [5.41, 5.74) is 0.575. The quantitative estimate of drug-likeness (QED) is 0.791. The molecule has 0 spiro atoms. The zero-order valence-electron chi connectivity index (χ0n) is 11.7. The molecule has 110 valence electrons. The van der Waals surface area contributed by atoms with Crippen LogP contribution in [0.1, 0.15) is 15.9 Å². The predicted molar refractivity (Wildman–Crippen MR) is 73.9 cm³/mol. The van der Waals surface area contributed by atoms with Gasteiger partial charge < -0.3 is 9.47 Å². The Morgan fingerprint density at radius 2 is 1.90 bits per heavy atom. The lowest BCUT2D eigenvalue weighted by molar-refractivity contribution is 0.0917. The molecule has 0 N–H and O–H groups in total. The van der Waals surface area contributed by atoms with E-state index in [4.69, 9.17) is 9.47 Å². The number of hydrogen-bond donors (Lipinski definition) is 0. The average Bonchev–Trinajstić information content (AvgIpc) is 2.48. The number of halogens is 2. The van der Waals surface area contributed by atoms with Crippen LogP contribution in [0.4, 0.5) is 8.78 Å². The van der Waals surface area contributed by atoms with E-state index in [2.05, 4.69) is 0 Å². The first-order chi connectivity index (χ1) is 10.0. The summed E-state index contributed by atoms with van der Waals surface area (Å²) in [4.78, 5) is 12.0. The largest absolute Gasteiger partial charge is 0.496 e. The Balaban J connectivity index is 2.11. The number of ether oxygens (including phenoxy) is 2. The molecule has 2 aromatic carbocycles. The molecule has 0 atom stereocenters. The molecule has 0 saturated heterocycles. The second-order valence-corrected chi connectivity index (χ2v) is 4.47. The van der Waals surface area contributed by atoms with Crippen LogP contribution in [0, 0.1) is 18.6 Å². The second kappa shape index (κ2) is 6.35. The van der Waals surface area contributed by atoms with Crippen molar-refractivity contribution in [1.82, 2.24) is 0 Å². The number of rotatable bonds is 5. The first kappa shape index (κ1) is 15.0. The Kier molecular flexibility index (Phi) is 4.52. The maximum Gasteiger partial charge on any atom is 0.204 e. The third-order valence-electron chi connectivity index (χ3n) is 2.98. The van der Waals surface area contributed by atoms with Crippen molar-refractivity contribution in [2.24, 2.45) is 0 Å². The van der Waals surface area contributed by atoms with Gasteiger partial charge in [-0.3, -0.25) is 4.79 Å². The Morgan fingerprint density at radius 3 is 2.57 bits per heavy atom. The van der Waals surface area contributed by atoms with Crippen molar-refractivity contribution in [1.29, 1.82) is 0 Å². The molecule has 0 aliphatic rings. The van der Waals surface area contributed by atoms with Crippen LogP contribution < -0.4 is 9.47 Å². The Hall–Kier alpha value is -2.43. The van der Waals surface area contributed by atoms with Crippen LogP contribution in [0.15, 0.2) is 36.4 Å². The van der Waals surface area contributed by atoms with Gasteiger partial charge in [0.2, 0.25) is 5.78 Å². The fraction of sp³-hybridized carbons (Fsp3) is 0.188. The molecule has 0 bridgehead atoms. The minimum atomic E-state index is -0.541. The number of ketones is 1. The lowest BCUT2D eigenvalue weighted by Gasteiger charge is -2.09. The van der Waals surface area contributed by atoms with Gasteiger partial charge >= 0.3 is 0 Å². The van der Waals surface area contributed by atoms with E-state index < -0.39 is 17.4 Å². The average molecular weight is 292 g/mol. The maximum atomic E-state index is 13.4. The summed E-state index contributed by atoms with van der Waals surface area (Å²) in [6.07, 6.45) is 0. The summed E-state index contributed by atoms with van der Waals surface area (Å²) < 4.78 is 36.8. The normalized spacial score (nSPS) is 10.3. The van der Waals surface area contributed by atoms with Crippen molar-refractivity contribution in [2.75, 3.05) is 13.7 Å². The first-order valence-electron chi connectivity index (χ1n) is 6.27. The lowest BCUT2D eigenvalue weighted by atomic mass is 10.1. The van der Waals surface area contributed by atoms with Crippen LogP contribution in [-0.2, 0) is 0 Å². The van der Waals surface area contributed by atoms with Crippen LogP contribution in [0.3, 0.4) is 0 Å². The Labute approximate surface area is 121 Å². The minimum Gasteiger partial charge on any atom is -0.496 e. The molecule has 0 fully saturated rings. The molecule has 0 aromatic heterocycles. The molecular formula is C16H14F2O3. The highest BCUT2D eigenvalue weighted by molar-refractivity contribution is 5.99. The number of carbonyl (C=O) groups is 1. The maximum absolute atomic E-state index is 13.4. The van der Waals surface area contributed by atoms with E-state index in [1.54, 1.807) is 19.1 Å². The summed E-state index contributed by atoms with van der Waals surface area (Å²) in [6.45, 7) is 1.30. The minimum absolute atomic E-state index is 0.0880. The molecule has 0 saturated carbocycles. The van der Waals surface area contributed by atoms with Crippen molar-refractivity contribution in [3.05, 3.63) is 59.2 Å². The third kappa shape index (κ3) is 3.56. The molecule has 0 aliphatic heterocycles. The first-order valence-corrected chi connectivity index (χ1v) is 6.27. The van der Waals surface area contributed by atoms with E-state index in [0.717, 1.165) is 6.07 Å². The van der Waals surface area contributed by atoms with E-state index in [-0.39, 0.29) is 23.7 Å². The SMILES string of the molecule is COc1ccc(F)cc1C(=O)COc1ccc(C)c(F)c1. The number of carbonyl (C=O) groups excluding carboxylic acids is 1. The second-order valence-electron chi connectivity index (χ2n) is 4.47. The number of methoxy groups -OCH3 is 1. The fourth-order valence-electron chi connectivity index (χ4n) is 1.79. The van der Waals surface area contributed by atoms with Gasteiger partial charge in [-0.15, -0.1) is 0 Å². The van der Waals surface area contributed by atoms with Gasteiger partial charge in [-0.25, -0.2) is 8.78 Å². The molecular weight excluding hydrogens is 278 g/mol. The zero-order valence-corrected chi connectivity index (χ0v) is 11.7. The highest BCUT2D eigenvalue weighted by atomic mass is 19.1. The van der Waals surface area contributed by atoms with Gasteiger partial charge in [0.05, 0.1) is 12.7 Å². The molecule has 2 aromatic rings. The van der Waals surface area contributed by atoms with Crippen LogP contribution in [-0.4, -0.2) is 19.5 Å². The number of aryl methyl sites for hydroxylation is 1. The number of Topliss-reactive ketones (excluding diaryl/α,β-unsaturated/α-hetero) is 1. The van der Waals surface area contributed by atoms with Gasteiger partial charge in [-0.2, -0.15) is 0 Å². The van der Waals surface area contributed by atoms with E-state index >= 15 is 0 Å². The van der Waals surface area contributed by atoms with Gasteiger partial charge in [-0.05, 0) is 36.8 Å².